The van der Waals surface area contributed by atoms with E-state index >= 15 is 0 Å². The highest BCUT2D eigenvalue weighted by molar-refractivity contribution is 5.87. The van der Waals surface area contributed by atoms with E-state index in [1.165, 1.54) is 5.56 Å². The Labute approximate surface area is 192 Å². The summed E-state index contributed by atoms with van der Waals surface area (Å²) in [6, 6.07) is 29.1. The number of benzene rings is 3. The van der Waals surface area contributed by atoms with Crippen molar-refractivity contribution in [3.63, 3.8) is 0 Å². The molecule has 3 aromatic rings. The van der Waals surface area contributed by atoms with Crippen LogP contribution in [-0.2, 0) is 0 Å². The Balaban J connectivity index is 2.13. The molecule has 0 aliphatic heterocycles. The van der Waals surface area contributed by atoms with Crippen LogP contribution < -0.4 is 0 Å². The zero-order valence-corrected chi connectivity index (χ0v) is 18.3. The van der Waals surface area contributed by atoms with Crippen molar-refractivity contribution in [3.8, 4) is 0 Å². The molecule has 156 valence electrons. The van der Waals surface area contributed by atoms with Crippen LogP contribution in [0.5, 0.6) is 0 Å². The molecule has 0 nitrogen and oxygen atoms in total. The molecule has 0 aliphatic rings. The molecule has 32 heavy (non-hydrogen) atoms. The van der Waals surface area contributed by atoms with E-state index in [9.17, 15) is 0 Å². The zero-order valence-electron chi connectivity index (χ0n) is 18.3. The third kappa shape index (κ3) is 6.68. The molecule has 0 unspecified atom stereocenters. The van der Waals surface area contributed by atoms with Gasteiger partial charge in [0.15, 0.2) is 0 Å². The minimum atomic E-state index is 1.09. The predicted molar refractivity (Wildman–Crippen MR) is 143 cm³/mol. The third-order valence-corrected chi connectivity index (χ3v) is 4.88. The quantitative estimate of drug-likeness (QED) is 0.243. The lowest BCUT2D eigenvalue weighted by Crippen LogP contribution is -1.90. The van der Waals surface area contributed by atoms with Crippen LogP contribution in [0.2, 0.25) is 0 Å². The van der Waals surface area contributed by atoms with Crippen molar-refractivity contribution in [2.75, 3.05) is 0 Å². The minimum absolute atomic E-state index is 1.09. The molecule has 0 heterocycles. The van der Waals surface area contributed by atoms with Gasteiger partial charge in [0.2, 0.25) is 0 Å². The van der Waals surface area contributed by atoms with Gasteiger partial charge in [-0.3, -0.25) is 0 Å². The Morgan fingerprint density at radius 3 is 1.75 bits per heavy atom. The maximum absolute atomic E-state index is 3.86. The maximum Gasteiger partial charge on any atom is -0.0105 e. The first-order valence-electron chi connectivity index (χ1n) is 10.7. The number of rotatable bonds is 9. The maximum atomic E-state index is 3.86. The molecule has 0 saturated carbocycles. The molecule has 0 radical (unpaired) electrons. The predicted octanol–water partition coefficient (Wildman–Crippen LogP) is 8.81. The number of allylic oxidation sites excluding steroid dienone is 9. The Morgan fingerprint density at radius 2 is 1.09 bits per heavy atom. The highest BCUT2D eigenvalue weighted by Gasteiger charge is 2.07. The van der Waals surface area contributed by atoms with E-state index in [-0.39, 0.29) is 0 Å². The average Bonchev–Trinajstić information content (AvgIpc) is 2.85. The SMILES string of the molecule is C=CC=CC(C=Cc1ccccc1)=C(C=CC=C)c1ccccc1C=Cc1ccccc1. The Kier molecular flexibility index (Phi) is 8.81. The molecule has 0 spiro atoms. The molecule has 0 heteroatoms. The summed E-state index contributed by atoms with van der Waals surface area (Å²) in [6.07, 6.45) is 20.3. The van der Waals surface area contributed by atoms with Gasteiger partial charge in [0, 0.05) is 0 Å². The van der Waals surface area contributed by atoms with Crippen LogP contribution in [0.4, 0.5) is 0 Å². The minimum Gasteiger partial charge on any atom is -0.0991 e. The van der Waals surface area contributed by atoms with Gasteiger partial charge in [-0.15, -0.1) is 0 Å². The Bertz CT molecular complexity index is 1170. The van der Waals surface area contributed by atoms with Gasteiger partial charge < -0.3 is 0 Å². The molecule has 3 rings (SSSR count). The van der Waals surface area contributed by atoms with Crippen LogP contribution in [0.15, 0.2) is 146 Å². The van der Waals surface area contributed by atoms with Crippen LogP contribution in [-0.4, -0.2) is 0 Å². The molecule has 0 aromatic heterocycles. The van der Waals surface area contributed by atoms with Crippen molar-refractivity contribution in [2.45, 2.75) is 0 Å². The van der Waals surface area contributed by atoms with E-state index in [0.717, 1.165) is 27.8 Å². The molecule has 0 bridgehead atoms. The first kappa shape index (κ1) is 22.5. The van der Waals surface area contributed by atoms with Crippen LogP contribution in [0.3, 0.4) is 0 Å². The number of hydrogen-bond donors (Lipinski definition) is 0. The highest BCUT2D eigenvalue weighted by atomic mass is 14.1. The lowest BCUT2D eigenvalue weighted by molar-refractivity contribution is 1.55. The smallest absolute Gasteiger partial charge is 0.0105 e. The van der Waals surface area contributed by atoms with Crippen molar-refractivity contribution in [1.29, 1.82) is 0 Å². The molecule has 0 N–H and O–H groups in total. The molecule has 3 aromatic carbocycles. The van der Waals surface area contributed by atoms with Gasteiger partial charge in [-0.25, -0.2) is 0 Å². The summed E-state index contributed by atoms with van der Waals surface area (Å²) in [5, 5.41) is 0. The van der Waals surface area contributed by atoms with Crippen LogP contribution in [0, 0.1) is 0 Å². The normalized spacial score (nSPS) is 12.6. The number of hydrogen-bond acceptors (Lipinski definition) is 0. The average molecular weight is 413 g/mol. The van der Waals surface area contributed by atoms with Gasteiger partial charge in [-0.2, -0.15) is 0 Å². The molecule has 0 atom stereocenters. The molecule has 0 saturated heterocycles. The van der Waals surface area contributed by atoms with Gasteiger partial charge in [0.1, 0.15) is 0 Å². The van der Waals surface area contributed by atoms with Gasteiger partial charge in [-0.1, -0.05) is 159 Å². The summed E-state index contributed by atoms with van der Waals surface area (Å²) in [6.45, 7) is 7.71. The molecular formula is C32H28. The first-order chi connectivity index (χ1) is 15.8. The van der Waals surface area contributed by atoms with Crippen molar-refractivity contribution >= 4 is 23.8 Å². The van der Waals surface area contributed by atoms with E-state index in [0.29, 0.717) is 0 Å². The van der Waals surface area contributed by atoms with Gasteiger partial charge in [0.25, 0.3) is 0 Å². The van der Waals surface area contributed by atoms with Crippen molar-refractivity contribution in [1.82, 2.24) is 0 Å². The van der Waals surface area contributed by atoms with Gasteiger partial charge in [0.05, 0.1) is 0 Å². The summed E-state index contributed by atoms with van der Waals surface area (Å²) < 4.78 is 0. The summed E-state index contributed by atoms with van der Waals surface area (Å²) in [5.74, 6) is 0. The molecule has 0 aliphatic carbocycles. The highest BCUT2D eigenvalue weighted by Crippen LogP contribution is 2.28. The van der Waals surface area contributed by atoms with Crippen LogP contribution in [0.25, 0.3) is 23.8 Å². The second-order valence-electron chi connectivity index (χ2n) is 7.13. The third-order valence-electron chi connectivity index (χ3n) is 4.88. The second-order valence-corrected chi connectivity index (χ2v) is 7.13. The van der Waals surface area contributed by atoms with E-state index in [2.05, 4.69) is 110 Å². The van der Waals surface area contributed by atoms with Crippen molar-refractivity contribution < 1.29 is 0 Å². The van der Waals surface area contributed by atoms with Crippen LogP contribution in [0.1, 0.15) is 22.3 Å². The summed E-state index contributed by atoms with van der Waals surface area (Å²) in [4.78, 5) is 0. The molecular weight excluding hydrogens is 384 g/mol. The Hall–Kier alpha value is -4.16. The van der Waals surface area contributed by atoms with Crippen molar-refractivity contribution in [3.05, 3.63) is 168 Å². The first-order valence-corrected chi connectivity index (χ1v) is 10.7. The summed E-state index contributed by atoms with van der Waals surface area (Å²) in [5.41, 5.74) is 6.83. The fraction of sp³-hybridized carbons (Fsp3) is 0. The fourth-order valence-corrected chi connectivity index (χ4v) is 3.30. The summed E-state index contributed by atoms with van der Waals surface area (Å²) >= 11 is 0. The van der Waals surface area contributed by atoms with Gasteiger partial charge >= 0.3 is 0 Å². The molecule has 0 fully saturated rings. The van der Waals surface area contributed by atoms with E-state index in [1.807, 2.05) is 36.4 Å². The lowest BCUT2D eigenvalue weighted by atomic mass is 9.93. The monoisotopic (exact) mass is 412 g/mol. The van der Waals surface area contributed by atoms with E-state index in [1.54, 1.807) is 12.2 Å². The largest absolute Gasteiger partial charge is 0.0991 e. The second kappa shape index (κ2) is 12.5. The van der Waals surface area contributed by atoms with E-state index < -0.39 is 0 Å². The van der Waals surface area contributed by atoms with Gasteiger partial charge in [-0.05, 0) is 33.4 Å². The van der Waals surface area contributed by atoms with E-state index in [4.69, 9.17) is 0 Å². The van der Waals surface area contributed by atoms with Crippen LogP contribution >= 0.6 is 0 Å². The zero-order chi connectivity index (χ0) is 22.4. The standard InChI is InChI=1S/C32H28/c1-3-5-19-29(25-23-27-15-9-7-10-16-27)31(21-6-4-2)32-22-14-13-20-30(32)26-24-28-17-11-8-12-18-28/h3-26H,1-2H2. The molecule has 0 amide bonds. The summed E-state index contributed by atoms with van der Waals surface area (Å²) in [7, 11) is 0. The Morgan fingerprint density at radius 1 is 0.531 bits per heavy atom. The topological polar surface area (TPSA) is 0 Å². The lowest BCUT2D eigenvalue weighted by Gasteiger charge is -2.11. The fourth-order valence-electron chi connectivity index (χ4n) is 3.30. The van der Waals surface area contributed by atoms with Crippen molar-refractivity contribution in [2.24, 2.45) is 0 Å².